The van der Waals surface area contributed by atoms with Crippen molar-refractivity contribution in [3.8, 4) is 17.2 Å². The molecule has 1 aromatic heterocycles. The zero-order valence-electron chi connectivity index (χ0n) is 22.4. The lowest BCUT2D eigenvalue weighted by atomic mass is 9.72. The number of benzene rings is 2. The third-order valence-electron chi connectivity index (χ3n) is 7.27. The number of carbonyl (C=O) groups is 2. The number of nitrogens with one attached hydrogen (secondary N) is 1. The van der Waals surface area contributed by atoms with Gasteiger partial charge in [0.15, 0.2) is 17.3 Å². The van der Waals surface area contributed by atoms with Gasteiger partial charge < -0.3 is 24.3 Å². The van der Waals surface area contributed by atoms with Crippen molar-refractivity contribution in [1.82, 2.24) is 5.32 Å². The number of hydrogen-bond donors (Lipinski definition) is 1. The molecular weight excluding hydrogens is 514 g/mol. The maximum Gasteiger partial charge on any atom is 0.337 e. The van der Waals surface area contributed by atoms with E-state index in [0.29, 0.717) is 46.7 Å². The molecule has 8 heteroatoms. The van der Waals surface area contributed by atoms with Gasteiger partial charge >= 0.3 is 5.97 Å². The van der Waals surface area contributed by atoms with Crippen LogP contribution in [0.25, 0.3) is 0 Å². The van der Waals surface area contributed by atoms with E-state index in [0.717, 1.165) is 17.0 Å². The van der Waals surface area contributed by atoms with Gasteiger partial charge in [-0.25, -0.2) is 4.79 Å². The van der Waals surface area contributed by atoms with Crippen LogP contribution in [0.3, 0.4) is 0 Å². The van der Waals surface area contributed by atoms with Crippen LogP contribution in [0, 0.1) is 0 Å². The second-order valence-corrected chi connectivity index (χ2v) is 10.5. The molecule has 39 heavy (non-hydrogen) atoms. The fourth-order valence-corrected chi connectivity index (χ4v) is 6.26. The van der Waals surface area contributed by atoms with Gasteiger partial charge in [0.05, 0.1) is 32.8 Å². The lowest BCUT2D eigenvalue weighted by Gasteiger charge is -2.37. The van der Waals surface area contributed by atoms with E-state index in [4.69, 9.17) is 18.9 Å². The first-order valence-electron chi connectivity index (χ1n) is 12.7. The Kier molecular flexibility index (Phi) is 7.74. The number of hydrogen-bond acceptors (Lipinski definition) is 8. The van der Waals surface area contributed by atoms with Crippen LogP contribution in [-0.2, 0) is 20.9 Å². The molecule has 0 amide bonds. The first-order chi connectivity index (χ1) is 18.9. The van der Waals surface area contributed by atoms with Gasteiger partial charge in [0.2, 0.25) is 0 Å². The minimum absolute atomic E-state index is 0.00461. The minimum atomic E-state index is -0.661. The van der Waals surface area contributed by atoms with E-state index in [2.05, 4.69) is 11.4 Å². The summed E-state index contributed by atoms with van der Waals surface area (Å²) < 4.78 is 22.4. The van der Waals surface area contributed by atoms with Crippen molar-refractivity contribution in [2.45, 2.75) is 38.2 Å². The summed E-state index contributed by atoms with van der Waals surface area (Å²) in [5, 5.41) is 5.44. The number of esters is 1. The third-order valence-corrected chi connectivity index (χ3v) is 8.30. The van der Waals surface area contributed by atoms with Gasteiger partial charge in [0.1, 0.15) is 12.4 Å². The molecule has 0 unspecified atom stereocenters. The summed E-state index contributed by atoms with van der Waals surface area (Å²) in [5.74, 6) is 0.676. The van der Waals surface area contributed by atoms with Crippen molar-refractivity contribution in [1.29, 1.82) is 0 Å². The van der Waals surface area contributed by atoms with Crippen LogP contribution >= 0.6 is 11.3 Å². The Hall–Kier alpha value is -4.04. The van der Waals surface area contributed by atoms with E-state index in [1.54, 1.807) is 38.7 Å². The number of para-hydroxylation sites is 1. The number of allylic oxidation sites excluding steroid dienone is 3. The molecule has 0 saturated carbocycles. The Morgan fingerprint density at radius 3 is 2.44 bits per heavy atom. The van der Waals surface area contributed by atoms with Gasteiger partial charge in [0, 0.05) is 39.7 Å². The highest BCUT2D eigenvalue weighted by atomic mass is 32.1. The van der Waals surface area contributed by atoms with Gasteiger partial charge in [-0.1, -0.05) is 30.3 Å². The number of methoxy groups -OCH3 is 3. The third kappa shape index (κ3) is 5.16. The standard InChI is InChI=1S/C31H31NO6S/c1-18-27(31(34)38-17-19-10-12-21(35-2)13-11-19)28(22-7-5-8-25(36-3)30(22)37-4)29-23(32-18)15-20(16-24(29)33)26-9-6-14-39-26/h5-14,20,28,32H,15-17H2,1-4H3/t20-,28-/m0/s1. The predicted molar refractivity (Wildman–Crippen MR) is 149 cm³/mol. The molecule has 202 valence electrons. The normalized spacial score (nSPS) is 18.8. The molecule has 7 nitrogen and oxygen atoms in total. The molecule has 1 N–H and O–H groups in total. The van der Waals surface area contributed by atoms with Gasteiger partial charge in [-0.2, -0.15) is 0 Å². The number of carbonyl (C=O) groups excluding carboxylic acids is 2. The van der Waals surface area contributed by atoms with Crippen molar-refractivity contribution >= 4 is 23.1 Å². The average molecular weight is 546 g/mol. The number of dihydropyridines is 1. The first kappa shape index (κ1) is 26.6. The number of thiophene rings is 1. The topological polar surface area (TPSA) is 83.1 Å². The number of rotatable bonds is 8. The second kappa shape index (κ2) is 11.4. The van der Waals surface area contributed by atoms with Gasteiger partial charge in [-0.3, -0.25) is 4.79 Å². The van der Waals surface area contributed by atoms with Crippen LogP contribution in [0.2, 0.25) is 0 Å². The van der Waals surface area contributed by atoms with Crippen molar-refractivity contribution in [2.75, 3.05) is 21.3 Å². The van der Waals surface area contributed by atoms with Gasteiger partial charge in [-0.05, 0) is 48.6 Å². The van der Waals surface area contributed by atoms with Crippen LogP contribution in [0.15, 0.2) is 82.5 Å². The van der Waals surface area contributed by atoms with Crippen LogP contribution in [-0.4, -0.2) is 33.1 Å². The highest BCUT2D eigenvalue weighted by Gasteiger charge is 2.43. The first-order valence-corrected chi connectivity index (χ1v) is 13.6. The Bertz CT molecular complexity index is 1440. The molecular formula is C31H31NO6S. The summed E-state index contributed by atoms with van der Waals surface area (Å²) in [4.78, 5) is 28.7. The molecule has 2 atom stereocenters. The summed E-state index contributed by atoms with van der Waals surface area (Å²) in [6.45, 7) is 1.94. The number of Topliss-reactive ketones (excluding diaryl/α,β-unsaturated/α-hetero) is 1. The fraction of sp³-hybridized carbons (Fsp3) is 0.290. The largest absolute Gasteiger partial charge is 0.497 e. The Morgan fingerprint density at radius 2 is 1.77 bits per heavy atom. The number of ether oxygens (including phenoxy) is 4. The van der Waals surface area contributed by atoms with Crippen LogP contribution < -0.4 is 19.5 Å². The monoisotopic (exact) mass is 545 g/mol. The lowest BCUT2D eigenvalue weighted by molar-refractivity contribution is -0.140. The Morgan fingerprint density at radius 1 is 0.974 bits per heavy atom. The molecule has 3 aromatic rings. The Labute approximate surface area is 232 Å². The van der Waals surface area contributed by atoms with E-state index in [1.807, 2.05) is 54.8 Å². The molecule has 0 fully saturated rings. The molecule has 5 rings (SSSR count). The molecule has 1 aliphatic heterocycles. The molecule has 2 aliphatic rings. The molecule has 0 saturated heterocycles. The SMILES string of the molecule is COc1ccc(COC(=O)C2=C(C)NC3=C(C(=O)C[C@@H](c4cccs4)C3)[C@H]2c2cccc(OC)c2OC)cc1. The lowest BCUT2D eigenvalue weighted by Crippen LogP contribution is -2.36. The van der Waals surface area contributed by atoms with Gasteiger partial charge in [-0.15, -0.1) is 11.3 Å². The maximum atomic E-state index is 13.8. The molecule has 0 spiro atoms. The zero-order chi connectivity index (χ0) is 27.5. The summed E-state index contributed by atoms with van der Waals surface area (Å²) in [6, 6.07) is 16.9. The van der Waals surface area contributed by atoms with E-state index in [1.165, 1.54) is 4.88 Å². The molecule has 1 aliphatic carbocycles. The van der Waals surface area contributed by atoms with Crippen LogP contribution in [0.5, 0.6) is 17.2 Å². The van der Waals surface area contributed by atoms with E-state index in [9.17, 15) is 9.59 Å². The summed E-state index contributed by atoms with van der Waals surface area (Å²) in [7, 11) is 4.73. The van der Waals surface area contributed by atoms with E-state index < -0.39 is 11.9 Å². The van der Waals surface area contributed by atoms with E-state index in [-0.39, 0.29) is 18.3 Å². The minimum Gasteiger partial charge on any atom is -0.497 e. The van der Waals surface area contributed by atoms with Crippen LogP contribution in [0.4, 0.5) is 0 Å². The summed E-state index contributed by atoms with van der Waals surface area (Å²) >= 11 is 1.66. The summed E-state index contributed by atoms with van der Waals surface area (Å²) in [6.07, 6.45) is 1.05. The van der Waals surface area contributed by atoms with Crippen molar-refractivity contribution < 1.29 is 28.5 Å². The quantitative estimate of drug-likeness (QED) is 0.354. The number of ketones is 1. The molecule has 0 radical (unpaired) electrons. The van der Waals surface area contributed by atoms with Crippen molar-refractivity contribution in [2.24, 2.45) is 0 Å². The average Bonchev–Trinajstić information content (AvgIpc) is 3.50. The second-order valence-electron chi connectivity index (χ2n) is 9.54. The molecule has 0 bridgehead atoms. The van der Waals surface area contributed by atoms with Crippen LogP contribution in [0.1, 0.15) is 47.6 Å². The predicted octanol–water partition coefficient (Wildman–Crippen LogP) is 5.88. The van der Waals surface area contributed by atoms with E-state index >= 15 is 0 Å². The molecule has 2 aromatic carbocycles. The fourth-order valence-electron chi connectivity index (χ4n) is 5.43. The highest BCUT2D eigenvalue weighted by molar-refractivity contribution is 7.10. The smallest absolute Gasteiger partial charge is 0.337 e. The highest BCUT2D eigenvalue weighted by Crippen LogP contribution is 2.49. The van der Waals surface area contributed by atoms with Gasteiger partial charge in [0.25, 0.3) is 0 Å². The maximum absolute atomic E-state index is 13.8. The van der Waals surface area contributed by atoms with Crippen molar-refractivity contribution in [3.05, 3.63) is 98.5 Å². The Balaban J connectivity index is 1.55. The molecule has 2 heterocycles. The zero-order valence-corrected chi connectivity index (χ0v) is 23.2. The summed E-state index contributed by atoms with van der Waals surface area (Å²) in [5.41, 5.74) is 3.97. The van der Waals surface area contributed by atoms with Crippen molar-refractivity contribution in [3.63, 3.8) is 0 Å².